The normalized spacial score (nSPS) is 21.2. The Morgan fingerprint density at radius 2 is 1.69 bits per heavy atom. The summed E-state index contributed by atoms with van der Waals surface area (Å²) >= 11 is 0. The van der Waals surface area contributed by atoms with Crippen LogP contribution in [0.25, 0.3) is 20.9 Å². The van der Waals surface area contributed by atoms with E-state index in [0.29, 0.717) is 11.6 Å². The lowest BCUT2D eigenvalue weighted by molar-refractivity contribution is 0.0642. The average molecular weight is 435 g/mol. The number of benzene rings is 1. The second kappa shape index (κ2) is 10.4. The zero-order chi connectivity index (χ0) is 22.3. The van der Waals surface area contributed by atoms with Gasteiger partial charge in [0.1, 0.15) is 0 Å². The number of nitrogens with zero attached hydrogens (tertiary/aromatic N) is 8. The summed E-state index contributed by atoms with van der Waals surface area (Å²) in [5.41, 5.74) is 20.3. The van der Waals surface area contributed by atoms with E-state index in [1.807, 2.05) is 24.3 Å². The van der Waals surface area contributed by atoms with Crippen molar-refractivity contribution in [2.75, 3.05) is 26.2 Å². The molecule has 0 radical (unpaired) electrons. The Hall–Kier alpha value is -3.15. The third kappa shape index (κ3) is 5.18. The predicted molar refractivity (Wildman–Crippen MR) is 123 cm³/mol. The van der Waals surface area contributed by atoms with Gasteiger partial charge in [-0.3, -0.25) is 4.79 Å². The van der Waals surface area contributed by atoms with E-state index in [4.69, 9.17) is 11.1 Å². The van der Waals surface area contributed by atoms with E-state index in [1.54, 1.807) is 0 Å². The van der Waals surface area contributed by atoms with E-state index in [2.05, 4.69) is 35.9 Å². The minimum atomic E-state index is -0.196. The molecule has 0 N–H and O–H groups in total. The Labute approximate surface area is 188 Å². The molecule has 1 aromatic carbocycles. The van der Waals surface area contributed by atoms with Gasteiger partial charge in [-0.15, -0.1) is 0 Å². The van der Waals surface area contributed by atoms with E-state index in [0.717, 1.165) is 37.7 Å². The minimum Gasteiger partial charge on any atom is -0.375 e. The standard InChI is InChI=1S/C23H30N8O/c24-28-26-15-19(16-27-29-25)17-3-5-18(6-4-17)23(32)31(22-11-12-22)21-9-7-20(8-10-21)30-13-1-2-14-30/h3-7,19,21-22H,1-2,8-16H2. The van der Waals surface area contributed by atoms with E-state index in [1.165, 1.54) is 31.6 Å². The molecule has 0 aromatic heterocycles. The van der Waals surface area contributed by atoms with Gasteiger partial charge in [-0.1, -0.05) is 28.4 Å². The summed E-state index contributed by atoms with van der Waals surface area (Å²) in [5, 5.41) is 7.26. The van der Waals surface area contributed by atoms with Gasteiger partial charge in [0.15, 0.2) is 0 Å². The Morgan fingerprint density at radius 3 is 2.22 bits per heavy atom. The van der Waals surface area contributed by atoms with Crippen LogP contribution < -0.4 is 0 Å². The zero-order valence-electron chi connectivity index (χ0n) is 18.4. The summed E-state index contributed by atoms with van der Waals surface area (Å²) in [6.07, 6.45) is 10.1. The lowest BCUT2D eigenvalue weighted by Crippen LogP contribution is -2.43. The maximum atomic E-state index is 13.5. The summed E-state index contributed by atoms with van der Waals surface area (Å²) in [4.78, 5) is 23.7. The molecule has 2 aliphatic carbocycles. The molecule has 0 bridgehead atoms. The highest BCUT2D eigenvalue weighted by Gasteiger charge is 2.38. The molecule has 1 unspecified atom stereocenters. The van der Waals surface area contributed by atoms with Crippen LogP contribution in [-0.4, -0.2) is 54.0 Å². The van der Waals surface area contributed by atoms with E-state index < -0.39 is 0 Å². The van der Waals surface area contributed by atoms with Crippen molar-refractivity contribution in [3.63, 3.8) is 0 Å². The van der Waals surface area contributed by atoms with Crippen molar-refractivity contribution in [2.45, 2.75) is 62.9 Å². The van der Waals surface area contributed by atoms with Gasteiger partial charge >= 0.3 is 0 Å². The monoisotopic (exact) mass is 434 g/mol. The molecular formula is C23H30N8O. The van der Waals surface area contributed by atoms with Gasteiger partial charge in [-0.05, 0) is 79.6 Å². The maximum absolute atomic E-state index is 13.5. The topological polar surface area (TPSA) is 121 Å². The number of carbonyl (C=O) groups is 1. The molecule has 32 heavy (non-hydrogen) atoms. The summed E-state index contributed by atoms with van der Waals surface area (Å²) in [6.45, 7) is 2.78. The second-order valence-electron chi connectivity index (χ2n) is 8.91. The van der Waals surface area contributed by atoms with Crippen LogP contribution in [0.5, 0.6) is 0 Å². The Morgan fingerprint density at radius 1 is 1.03 bits per heavy atom. The first kappa shape index (κ1) is 22.1. The fraction of sp³-hybridized carbons (Fsp3) is 0.609. The molecule has 4 rings (SSSR count). The van der Waals surface area contributed by atoms with Crippen molar-refractivity contribution in [3.8, 4) is 0 Å². The van der Waals surface area contributed by atoms with Gasteiger partial charge in [0.2, 0.25) is 0 Å². The Bertz CT molecular complexity index is 915. The van der Waals surface area contributed by atoms with Crippen LogP contribution in [0, 0.1) is 0 Å². The highest BCUT2D eigenvalue weighted by Crippen LogP contribution is 2.36. The number of allylic oxidation sites excluding steroid dienone is 1. The average Bonchev–Trinajstić information content (AvgIpc) is 3.51. The number of hydrogen-bond acceptors (Lipinski definition) is 4. The van der Waals surface area contributed by atoms with E-state index >= 15 is 0 Å². The lowest BCUT2D eigenvalue weighted by atomic mass is 9.95. The molecule has 3 aliphatic rings. The molecule has 9 nitrogen and oxygen atoms in total. The molecule has 1 atom stereocenters. The molecule has 1 amide bonds. The van der Waals surface area contributed by atoms with Gasteiger partial charge in [0.05, 0.1) is 0 Å². The van der Waals surface area contributed by atoms with Crippen molar-refractivity contribution in [1.29, 1.82) is 0 Å². The van der Waals surface area contributed by atoms with E-state index in [-0.39, 0.29) is 31.0 Å². The van der Waals surface area contributed by atoms with Gasteiger partial charge < -0.3 is 9.80 Å². The van der Waals surface area contributed by atoms with Crippen LogP contribution >= 0.6 is 0 Å². The van der Waals surface area contributed by atoms with Crippen LogP contribution in [0.4, 0.5) is 0 Å². The van der Waals surface area contributed by atoms with Crippen LogP contribution in [0.1, 0.15) is 66.8 Å². The number of likely N-dealkylation sites (tertiary alicyclic amines) is 1. The highest BCUT2D eigenvalue weighted by atomic mass is 16.2. The number of carbonyl (C=O) groups excluding carboxylic acids is 1. The second-order valence-corrected chi connectivity index (χ2v) is 8.91. The van der Waals surface area contributed by atoms with Crippen LogP contribution in [0.2, 0.25) is 0 Å². The van der Waals surface area contributed by atoms with Crippen molar-refractivity contribution >= 4 is 5.91 Å². The molecule has 0 spiro atoms. The van der Waals surface area contributed by atoms with Gasteiger partial charge in [0.25, 0.3) is 5.91 Å². The van der Waals surface area contributed by atoms with Crippen LogP contribution in [0.15, 0.2) is 46.3 Å². The van der Waals surface area contributed by atoms with Crippen molar-refractivity contribution in [2.24, 2.45) is 10.2 Å². The van der Waals surface area contributed by atoms with Gasteiger partial charge in [-0.2, -0.15) is 0 Å². The third-order valence-corrected chi connectivity index (χ3v) is 6.80. The Kier molecular flexibility index (Phi) is 7.20. The Balaban J connectivity index is 1.45. The molecule has 1 heterocycles. The quantitative estimate of drug-likeness (QED) is 0.288. The fourth-order valence-corrected chi connectivity index (χ4v) is 4.92. The number of azide groups is 2. The van der Waals surface area contributed by atoms with Crippen molar-refractivity contribution in [1.82, 2.24) is 9.80 Å². The number of amides is 1. The molecule has 1 aliphatic heterocycles. The summed E-state index contributed by atoms with van der Waals surface area (Å²) in [7, 11) is 0. The zero-order valence-corrected chi connectivity index (χ0v) is 18.4. The van der Waals surface area contributed by atoms with E-state index in [9.17, 15) is 4.79 Å². The van der Waals surface area contributed by atoms with Crippen LogP contribution in [-0.2, 0) is 0 Å². The van der Waals surface area contributed by atoms with Crippen LogP contribution in [0.3, 0.4) is 0 Å². The molecule has 1 saturated heterocycles. The molecule has 168 valence electrons. The first-order chi connectivity index (χ1) is 15.7. The molecule has 2 fully saturated rings. The highest BCUT2D eigenvalue weighted by molar-refractivity contribution is 5.95. The SMILES string of the molecule is [N-]=[N+]=NCC(CN=[N+]=[N-])c1ccc(C(=O)N(C2CC=C(N3CCCC3)CC2)C2CC2)cc1. The smallest absolute Gasteiger partial charge is 0.254 e. The first-order valence-corrected chi connectivity index (χ1v) is 11.6. The molecule has 1 aromatic rings. The number of hydrogen-bond donors (Lipinski definition) is 0. The maximum Gasteiger partial charge on any atom is 0.254 e. The fourth-order valence-electron chi connectivity index (χ4n) is 4.92. The minimum absolute atomic E-state index is 0.101. The summed E-state index contributed by atoms with van der Waals surface area (Å²) in [6, 6.07) is 8.09. The predicted octanol–water partition coefficient (Wildman–Crippen LogP) is 5.53. The molecular weight excluding hydrogens is 404 g/mol. The molecule has 1 saturated carbocycles. The summed E-state index contributed by atoms with van der Waals surface area (Å²) in [5.74, 6) is -0.0957. The largest absolute Gasteiger partial charge is 0.375 e. The van der Waals surface area contributed by atoms with Crippen molar-refractivity contribution in [3.05, 3.63) is 68.1 Å². The lowest BCUT2D eigenvalue weighted by Gasteiger charge is -2.36. The third-order valence-electron chi connectivity index (χ3n) is 6.80. The number of rotatable bonds is 9. The van der Waals surface area contributed by atoms with Gasteiger partial charge in [-0.25, -0.2) is 0 Å². The summed E-state index contributed by atoms with van der Waals surface area (Å²) < 4.78 is 0. The first-order valence-electron chi connectivity index (χ1n) is 11.6. The molecule has 9 heteroatoms. The van der Waals surface area contributed by atoms with Gasteiger partial charge in [0, 0.05) is 59.3 Å². The van der Waals surface area contributed by atoms with Crippen molar-refractivity contribution < 1.29 is 4.79 Å².